The van der Waals surface area contributed by atoms with E-state index in [4.69, 9.17) is 8.94 Å². The fourth-order valence-electron chi connectivity index (χ4n) is 2.76. The van der Waals surface area contributed by atoms with Crippen molar-refractivity contribution in [3.05, 3.63) is 42.2 Å². The summed E-state index contributed by atoms with van der Waals surface area (Å²) in [6.45, 7) is 2.18. The molecule has 0 saturated carbocycles. The van der Waals surface area contributed by atoms with Crippen LogP contribution in [0, 0.1) is 0 Å². The van der Waals surface area contributed by atoms with E-state index in [1.165, 1.54) is 6.20 Å². The van der Waals surface area contributed by atoms with Gasteiger partial charge in [0.15, 0.2) is 5.76 Å². The van der Waals surface area contributed by atoms with Crippen LogP contribution < -0.4 is 5.32 Å². The van der Waals surface area contributed by atoms with Gasteiger partial charge in [-0.2, -0.15) is 0 Å². The van der Waals surface area contributed by atoms with Gasteiger partial charge in [0, 0.05) is 38.3 Å². The Bertz CT molecular complexity index is 668. The second-order valence-corrected chi connectivity index (χ2v) is 5.84. The van der Waals surface area contributed by atoms with Crippen molar-refractivity contribution < 1.29 is 18.5 Å². The highest BCUT2D eigenvalue weighted by Gasteiger charge is 2.32. The normalized spacial score (nSPS) is 18.4. The molecular formula is C16H20N4O4. The van der Waals surface area contributed by atoms with Crippen molar-refractivity contribution >= 4 is 11.8 Å². The molecule has 2 aromatic rings. The molecule has 1 aliphatic rings. The lowest BCUT2D eigenvalue weighted by Crippen LogP contribution is -2.56. The van der Waals surface area contributed by atoms with Gasteiger partial charge in [0.25, 0.3) is 0 Å². The van der Waals surface area contributed by atoms with Crippen LogP contribution in [0.4, 0.5) is 0 Å². The number of hydrogen-bond donors (Lipinski definition) is 1. The standard InChI is InChI=1S/C16H20N4O4/c1-19(10-13-2-4-18-24-13)15(21)8-14-16(22)17-5-6-20(14)9-12-3-7-23-11-12/h2-4,7,11,14H,5-6,8-10H2,1H3,(H,17,22). The number of amides is 2. The number of carbonyl (C=O) groups is 2. The summed E-state index contributed by atoms with van der Waals surface area (Å²) in [6, 6.07) is 3.09. The minimum atomic E-state index is -0.488. The van der Waals surface area contributed by atoms with Crippen LogP contribution in [0.25, 0.3) is 0 Å². The Hall–Kier alpha value is -2.61. The monoisotopic (exact) mass is 332 g/mol. The molecule has 1 unspecified atom stereocenters. The third-order valence-electron chi connectivity index (χ3n) is 4.09. The molecule has 2 amide bonds. The fraction of sp³-hybridized carbons (Fsp3) is 0.438. The highest BCUT2D eigenvalue weighted by molar-refractivity contribution is 5.88. The van der Waals surface area contributed by atoms with Crippen molar-refractivity contribution in [3.63, 3.8) is 0 Å². The topological polar surface area (TPSA) is 91.8 Å². The number of carbonyl (C=O) groups excluding carboxylic acids is 2. The van der Waals surface area contributed by atoms with Crippen LogP contribution >= 0.6 is 0 Å². The molecular weight excluding hydrogens is 312 g/mol. The van der Waals surface area contributed by atoms with Crippen molar-refractivity contribution in [2.45, 2.75) is 25.6 Å². The molecule has 0 radical (unpaired) electrons. The number of aromatic nitrogens is 1. The van der Waals surface area contributed by atoms with E-state index < -0.39 is 6.04 Å². The predicted molar refractivity (Wildman–Crippen MR) is 83.5 cm³/mol. The number of hydrogen-bond acceptors (Lipinski definition) is 6. The van der Waals surface area contributed by atoms with E-state index in [0.717, 1.165) is 5.56 Å². The van der Waals surface area contributed by atoms with E-state index in [1.807, 2.05) is 11.0 Å². The van der Waals surface area contributed by atoms with Gasteiger partial charge in [-0.05, 0) is 6.07 Å². The van der Waals surface area contributed by atoms with E-state index in [1.54, 1.807) is 30.5 Å². The van der Waals surface area contributed by atoms with Gasteiger partial charge in [0.2, 0.25) is 11.8 Å². The summed E-state index contributed by atoms with van der Waals surface area (Å²) in [5, 5.41) is 6.45. The molecule has 0 spiro atoms. The SMILES string of the molecule is CN(Cc1ccno1)C(=O)CC1C(=O)NCCN1Cc1ccoc1. The molecule has 0 bridgehead atoms. The Kier molecular flexibility index (Phi) is 4.95. The Labute approximate surface area is 139 Å². The fourth-order valence-corrected chi connectivity index (χ4v) is 2.76. The van der Waals surface area contributed by atoms with E-state index in [0.29, 0.717) is 31.9 Å². The van der Waals surface area contributed by atoms with Crippen LogP contribution in [0.3, 0.4) is 0 Å². The molecule has 128 valence electrons. The van der Waals surface area contributed by atoms with Crippen LogP contribution in [-0.2, 0) is 22.7 Å². The molecule has 8 nitrogen and oxygen atoms in total. The van der Waals surface area contributed by atoms with Crippen LogP contribution in [0.15, 0.2) is 39.8 Å². The number of rotatable bonds is 6. The second kappa shape index (κ2) is 7.31. The van der Waals surface area contributed by atoms with Gasteiger partial charge in [-0.1, -0.05) is 5.16 Å². The summed E-state index contributed by atoms with van der Waals surface area (Å²) in [5.74, 6) is 0.367. The molecule has 1 N–H and O–H groups in total. The molecule has 1 atom stereocenters. The Morgan fingerprint density at radius 1 is 1.50 bits per heavy atom. The Morgan fingerprint density at radius 3 is 3.08 bits per heavy atom. The first-order valence-corrected chi connectivity index (χ1v) is 7.80. The summed E-state index contributed by atoms with van der Waals surface area (Å²) in [7, 11) is 1.69. The van der Waals surface area contributed by atoms with E-state index in [9.17, 15) is 9.59 Å². The summed E-state index contributed by atoms with van der Waals surface area (Å²) in [4.78, 5) is 28.2. The first-order chi connectivity index (χ1) is 11.6. The van der Waals surface area contributed by atoms with Gasteiger partial charge >= 0.3 is 0 Å². The Morgan fingerprint density at radius 2 is 2.38 bits per heavy atom. The lowest BCUT2D eigenvalue weighted by atomic mass is 10.1. The zero-order chi connectivity index (χ0) is 16.9. The molecule has 3 heterocycles. The number of nitrogens with one attached hydrogen (secondary N) is 1. The van der Waals surface area contributed by atoms with Gasteiger partial charge in [-0.25, -0.2) is 0 Å². The molecule has 1 saturated heterocycles. The van der Waals surface area contributed by atoms with Crippen LogP contribution in [0.1, 0.15) is 17.7 Å². The molecule has 3 rings (SSSR count). The average Bonchev–Trinajstić information content (AvgIpc) is 3.24. The van der Waals surface area contributed by atoms with E-state index in [-0.39, 0.29) is 18.2 Å². The third kappa shape index (κ3) is 3.83. The minimum absolute atomic E-state index is 0.119. The molecule has 2 aromatic heterocycles. The number of furan rings is 1. The van der Waals surface area contributed by atoms with Gasteiger partial charge in [-0.3, -0.25) is 14.5 Å². The average molecular weight is 332 g/mol. The molecule has 8 heteroatoms. The maximum Gasteiger partial charge on any atom is 0.237 e. The lowest BCUT2D eigenvalue weighted by molar-refractivity contribution is -0.138. The lowest BCUT2D eigenvalue weighted by Gasteiger charge is -2.35. The van der Waals surface area contributed by atoms with Crippen molar-refractivity contribution in [1.29, 1.82) is 0 Å². The van der Waals surface area contributed by atoms with Crippen molar-refractivity contribution in [2.24, 2.45) is 0 Å². The van der Waals surface area contributed by atoms with Crippen molar-refractivity contribution in [3.8, 4) is 0 Å². The van der Waals surface area contributed by atoms with Crippen LogP contribution in [0.2, 0.25) is 0 Å². The van der Waals surface area contributed by atoms with Gasteiger partial charge < -0.3 is 19.2 Å². The zero-order valence-electron chi connectivity index (χ0n) is 13.5. The van der Waals surface area contributed by atoms with Gasteiger partial charge in [0.1, 0.15) is 0 Å². The molecule has 0 aromatic carbocycles. The molecule has 1 fully saturated rings. The highest BCUT2D eigenvalue weighted by atomic mass is 16.5. The van der Waals surface area contributed by atoms with Crippen LogP contribution in [-0.4, -0.2) is 52.9 Å². The molecule has 0 aliphatic carbocycles. The third-order valence-corrected chi connectivity index (χ3v) is 4.09. The quantitative estimate of drug-likeness (QED) is 0.834. The maximum absolute atomic E-state index is 12.5. The minimum Gasteiger partial charge on any atom is -0.472 e. The van der Waals surface area contributed by atoms with Crippen LogP contribution in [0.5, 0.6) is 0 Å². The molecule has 24 heavy (non-hydrogen) atoms. The zero-order valence-corrected chi connectivity index (χ0v) is 13.5. The van der Waals surface area contributed by atoms with E-state index >= 15 is 0 Å². The molecule has 1 aliphatic heterocycles. The van der Waals surface area contributed by atoms with Gasteiger partial charge in [-0.15, -0.1) is 0 Å². The first kappa shape index (κ1) is 16.3. The summed E-state index contributed by atoms with van der Waals surface area (Å²) >= 11 is 0. The second-order valence-electron chi connectivity index (χ2n) is 5.84. The van der Waals surface area contributed by atoms with Crippen molar-refractivity contribution in [1.82, 2.24) is 20.3 Å². The number of piperazine rings is 1. The van der Waals surface area contributed by atoms with Gasteiger partial charge in [0.05, 0.1) is 37.7 Å². The maximum atomic E-state index is 12.5. The highest BCUT2D eigenvalue weighted by Crippen LogP contribution is 2.15. The summed E-state index contributed by atoms with van der Waals surface area (Å²) < 4.78 is 10.1. The van der Waals surface area contributed by atoms with Crippen molar-refractivity contribution in [2.75, 3.05) is 20.1 Å². The summed E-state index contributed by atoms with van der Waals surface area (Å²) in [6.07, 6.45) is 4.91. The first-order valence-electron chi connectivity index (χ1n) is 7.80. The predicted octanol–water partition coefficient (Wildman–Crippen LogP) is 0.617. The summed E-state index contributed by atoms with van der Waals surface area (Å²) in [5.41, 5.74) is 0.983. The number of nitrogens with zero attached hydrogens (tertiary/aromatic N) is 3. The largest absolute Gasteiger partial charge is 0.472 e. The smallest absolute Gasteiger partial charge is 0.237 e. The van der Waals surface area contributed by atoms with E-state index in [2.05, 4.69) is 10.5 Å². The Balaban J connectivity index is 1.63.